The molecule has 0 bridgehead atoms. The van der Waals surface area contributed by atoms with Crippen LogP contribution < -0.4 is 5.32 Å². The fourth-order valence-electron chi connectivity index (χ4n) is 2.60. The number of nitrogens with one attached hydrogen (secondary N) is 1. The predicted molar refractivity (Wildman–Crippen MR) is 99.8 cm³/mol. The van der Waals surface area contributed by atoms with Crippen molar-refractivity contribution in [2.75, 3.05) is 38.5 Å². The lowest BCUT2D eigenvalue weighted by molar-refractivity contribution is 0.0663. The van der Waals surface area contributed by atoms with E-state index in [2.05, 4.69) is 38.2 Å². The first-order valence-corrected chi connectivity index (χ1v) is 8.79. The van der Waals surface area contributed by atoms with Crippen LogP contribution in [-0.2, 0) is 0 Å². The van der Waals surface area contributed by atoms with E-state index in [0.29, 0.717) is 5.56 Å². The van der Waals surface area contributed by atoms with Crippen LogP contribution in [0.3, 0.4) is 0 Å². The maximum atomic E-state index is 12.5. The number of benzene rings is 1. The number of likely N-dealkylation sites (N-methyl/N-ethyl adjacent to an activating group) is 1. The van der Waals surface area contributed by atoms with Crippen LogP contribution in [0.4, 0.5) is 11.5 Å². The maximum absolute atomic E-state index is 12.5. The Hall–Kier alpha value is -1.92. The molecule has 0 unspecified atom stereocenters. The highest BCUT2D eigenvalue weighted by Crippen LogP contribution is 2.23. The van der Waals surface area contributed by atoms with Gasteiger partial charge in [-0.3, -0.25) is 4.79 Å². The summed E-state index contributed by atoms with van der Waals surface area (Å²) in [6.07, 6.45) is 1.65. The molecule has 126 valence electrons. The predicted octanol–water partition coefficient (Wildman–Crippen LogP) is 3.28. The number of carbonyl (C=O) groups excluding carboxylic acids is 1. The van der Waals surface area contributed by atoms with Crippen molar-refractivity contribution in [1.82, 2.24) is 14.8 Å². The Bertz CT molecular complexity index is 724. The summed E-state index contributed by atoms with van der Waals surface area (Å²) in [6.45, 7) is 5.42. The third-order valence-corrected chi connectivity index (χ3v) is 5.10. The van der Waals surface area contributed by atoms with Gasteiger partial charge in [0, 0.05) is 42.5 Å². The number of aromatic nitrogens is 1. The number of amides is 1. The van der Waals surface area contributed by atoms with E-state index in [9.17, 15) is 4.79 Å². The van der Waals surface area contributed by atoms with Crippen molar-refractivity contribution in [3.63, 3.8) is 0 Å². The lowest BCUT2D eigenvalue weighted by Crippen LogP contribution is -2.47. The van der Waals surface area contributed by atoms with E-state index >= 15 is 0 Å². The molecule has 3 rings (SSSR count). The number of halogens is 1. The summed E-state index contributed by atoms with van der Waals surface area (Å²) in [6, 6.07) is 9.74. The summed E-state index contributed by atoms with van der Waals surface area (Å²) in [5, 5.41) is 3.25. The molecule has 1 saturated heterocycles. The third-order valence-electron chi connectivity index (χ3n) is 4.25. The van der Waals surface area contributed by atoms with Crippen LogP contribution in [0.2, 0.25) is 0 Å². The summed E-state index contributed by atoms with van der Waals surface area (Å²) < 4.78 is 1.05. The summed E-state index contributed by atoms with van der Waals surface area (Å²) in [5.41, 5.74) is 2.77. The van der Waals surface area contributed by atoms with Gasteiger partial charge in [-0.25, -0.2) is 4.98 Å². The number of aryl methyl sites for hydroxylation is 1. The zero-order chi connectivity index (χ0) is 17.1. The zero-order valence-electron chi connectivity index (χ0n) is 13.9. The molecule has 2 heterocycles. The molecular weight excluding hydrogens is 368 g/mol. The number of carbonyl (C=O) groups is 1. The van der Waals surface area contributed by atoms with Crippen molar-refractivity contribution >= 4 is 33.3 Å². The number of piperazine rings is 1. The SMILES string of the molecule is Cc1ccc(Nc2ccc(C(=O)N3CCN(C)CC3)cn2)cc1Br. The van der Waals surface area contributed by atoms with Crippen molar-refractivity contribution < 1.29 is 4.79 Å². The van der Waals surface area contributed by atoms with Crippen LogP contribution in [0.5, 0.6) is 0 Å². The van der Waals surface area contributed by atoms with Gasteiger partial charge in [-0.2, -0.15) is 0 Å². The molecule has 6 heteroatoms. The van der Waals surface area contributed by atoms with Crippen LogP contribution in [-0.4, -0.2) is 53.9 Å². The number of rotatable bonds is 3. The lowest BCUT2D eigenvalue weighted by Gasteiger charge is -2.32. The number of nitrogens with zero attached hydrogens (tertiary/aromatic N) is 3. The average Bonchev–Trinajstić information content (AvgIpc) is 2.59. The summed E-state index contributed by atoms with van der Waals surface area (Å²) >= 11 is 3.52. The molecule has 5 nitrogen and oxygen atoms in total. The minimum absolute atomic E-state index is 0.0558. The minimum atomic E-state index is 0.0558. The van der Waals surface area contributed by atoms with Gasteiger partial charge in [0.15, 0.2) is 0 Å². The second-order valence-corrected chi connectivity index (χ2v) is 6.97. The lowest BCUT2D eigenvalue weighted by atomic mass is 10.2. The van der Waals surface area contributed by atoms with Gasteiger partial charge < -0.3 is 15.1 Å². The highest BCUT2D eigenvalue weighted by atomic mass is 79.9. The molecule has 24 heavy (non-hydrogen) atoms. The fraction of sp³-hybridized carbons (Fsp3) is 0.333. The molecule has 1 aliphatic heterocycles. The molecule has 1 aromatic heterocycles. The van der Waals surface area contributed by atoms with Gasteiger partial charge in [-0.05, 0) is 43.8 Å². The summed E-state index contributed by atoms with van der Waals surface area (Å²) in [5.74, 6) is 0.779. The van der Waals surface area contributed by atoms with Crippen molar-refractivity contribution in [1.29, 1.82) is 0 Å². The number of pyridine rings is 1. The minimum Gasteiger partial charge on any atom is -0.340 e. The van der Waals surface area contributed by atoms with E-state index in [1.807, 2.05) is 42.2 Å². The van der Waals surface area contributed by atoms with E-state index in [-0.39, 0.29) is 5.91 Å². The van der Waals surface area contributed by atoms with Crippen molar-refractivity contribution in [2.24, 2.45) is 0 Å². The van der Waals surface area contributed by atoms with E-state index in [1.165, 1.54) is 5.56 Å². The molecule has 0 atom stereocenters. The van der Waals surface area contributed by atoms with Crippen LogP contribution in [0.15, 0.2) is 41.0 Å². The Labute approximate surface area is 150 Å². The first kappa shape index (κ1) is 16.9. The molecule has 1 aliphatic rings. The average molecular weight is 389 g/mol. The van der Waals surface area contributed by atoms with Gasteiger partial charge in [-0.15, -0.1) is 0 Å². The quantitative estimate of drug-likeness (QED) is 0.876. The Balaban J connectivity index is 1.66. The highest BCUT2D eigenvalue weighted by Gasteiger charge is 2.20. The molecular formula is C18H21BrN4O. The Morgan fingerprint density at radius 3 is 2.54 bits per heavy atom. The van der Waals surface area contributed by atoms with Gasteiger partial charge in [0.1, 0.15) is 5.82 Å². The third kappa shape index (κ3) is 3.94. The van der Waals surface area contributed by atoms with Crippen molar-refractivity contribution in [2.45, 2.75) is 6.92 Å². The van der Waals surface area contributed by atoms with Crippen LogP contribution >= 0.6 is 15.9 Å². The van der Waals surface area contributed by atoms with Gasteiger partial charge in [-0.1, -0.05) is 22.0 Å². The molecule has 0 spiro atoms. The molecule has 1 amide bonds. The number of anilines is 2. The molecule has 1 N–H and O–H groups in total. The summed E-state index contributed by atoms with van der Waals surface area (Å²) in [4.78, 5) is 21.0. The molecule has 2 aromatic rings. The normalized spacial score (nSPS) is 15.4. The van der Waals surface area contributed by atoms with Gasteiger partial charge in [0.2, 0.25) is 0 Å². The topological polar surface area (TPSA) is 48.5 Å². The fourth-order valence-corrected chi connectivity index (χ4v) is 2.98. The summed E-state index contributed by atoms with van der Waals surface area (Å²) in [7, 11) is 2.08. The second-order valence-electron chi connectivity index (χ2n) is 6.12. The molecule has 0 saturated carbocycles. The number of hydrogen-bond acceptors (Lipinski definition) is 4. The Morgan fingerprint density at radius 1 is 1.17 bits per heavy atom. The zero-order valence-corrected chi connectivity index (χ0v) is 15.5. The standard InChI is InChI=1S/C18H21BrN4O/c1-13-3-5-15(11-16(13)19)21-17-6-4-14(12-20-17)18(24)23-9-7-22(2)8-10-23/h3-6,11-12H,7-10H2,1-2H3,(H,20,21). The van der Waals surface area contributed by atoms with E-state index < -0.39 is 0 Å². The monoisotopic (exact) mass is 388 g/mol. The highest BCUT2D eigenvalue weighted by molar-refractivity contribution is 9.10. The maximum Gasteiger partial charge on any atom is 0.255 e. The van der Waals surface area contributed by atoms with E-state index in [1.54, 1.807) is 6.20 Å². The molecule has 1 fully saturated rings. The first-order chi connectivity index (χ1) is 11.5. The van der Waals surface area contributed by atoms with Crippen LogP contribution in [0, 0.1) is 6.92 Å². The number of hydrogen-bond donors (Lipinski definition) is 1. The van der Waals surface area contributed by atoms with E-state index in [4.69, 9.17) is 0 Å². The Kier molecular flexibility index (Phi) is 5.16. The van der Waals surface area contributed by atoms with Gasteiger partial charge >= 0.3 is 0 Å². The van der Waals surface area contributed by atoms with Gasteiger partial charge in [0.25, 0.3) is 5.91 Å². The van der Waals surface area contributed by atoms with Crippen molar-refractivity contribution in [3.05, 3.63) is 52.1 Å². The van der Waals surface area contributed by atoms with Gasteiger partial charge in [0.05, 0.1) is 5.56 Å². The smallest absolute Gasteiger partial charge is 0.255 e. The first-order valence-electron chi connectivity index (χ1n) is 8.00. The molecule has 0 radical (unpaired) electrons. The molecule has 1 aromatic carbocycles. The van der Waals surface area contributed by atoms with Crippen LogP contribution in [0.1, 0.15) is 15.9 Å². The molecule has 0 aliphatic carbocycles. The second kappa shape index (κ2) is 7.32. The Morgan fingerprint density at radius 2 is 1.92 bits per heavy atom. The largest absolute Gasteiger partial charge is 0.340 e. The van der Waals surface area contributed by atoms with Crippen LogP contribution in [0.25, 0.3) is 0 Å². The van der Waals surface area contributed by atoms with Crippen molar-refractivity contribution in [3.8, 4) is 0 Å². The van der Waals surface area contributed by atoms with E-state index in [0.717, 1.165) is 42.2 Å².